The minimum absolute atomic E-state index is 0.145. The third-order valence-corrected chi connectivity index (χ3v) is 2.54. The first-order valence-corrected chi connectivity index (χ1v) is 6.57. The van der Waals surface area contributed by atoms with E-state index < -0.39 is 12.0 Å². The zero-order valence-corrected chi connectivity index (χ0v) is 11.8. The van der Waals surface area contributed by atoms with Crippen LogP contribution < -0.4 is 15.4 Å². The van der Waals surface area contributed by atoms with Gasteiger partial charge in [-0.25, -0.2) is 0 Å². The fourth-order valence-corrected chi connectivity index (χ4v) is 1.60. The van der Waals surface area contributed by atoms with Gasteiger partial charge in [-0.05, 0) is 25.1 Å². The number of carbonyl (C=O) groups is 1. The molecule has 1 atom stereocenters. The number of carbonyl (C=O) groups excluding carboxylic acids is 1. The summed E-state index contributed by atoms with van der Waals surface area (Å²) in [5.74, 6) is 0.170. The minimum atomic E-state index is -0.892. The topological polar surface area (TPSA) is 115 Å². The SMILES string of the molecule is CCOc1ccc(NC(=O)CC#N)cc1NCC(O)CO. The summed E-state index contributed by atoms with van der Waals surface area (Å²) in [5.41, 5.74) is 1.10. The highest BCUT2D eigenvalue weighted by Crippen LogP contribution is 2.28. The van der Waals surface area contributed by atoms with Crippen LogP contribution in [0.3, 0.4) is 0 Å². The maximum atomic E-state index is 11.4. The first-order valence-electron chi connectivity index (χ1n) is 6.57. The first kappa shape index (κ1) is 16.8. The highest BCUT2D eigenvalue weighted by atomic mass is 16.5. The van der Waals surface area contributed by atoms with Crippen molar-refractivity contribution in [3.05, 3.63) is 18.2 Å². The molecule has 7 heteroatoms. The molecule has 21 heavy (non-hydrogen) atoms. The zero-order chi connectivity index (χ0) is 15.7. The molecule has 1 aromatic rings. The fraction of sp³-hybridized carbons (Fsp3) is 0.429. The van der Waals surface area contributed by atoms with Gasteiger partial charge in [-0.1, -0.05) is 0 Å². The quantitative estimate of drug-likeness (QED) is 0.561. The number of hydrogen-bond acceptors (Lipinski definition) is 6. The van der Waals surface area contributed by atoms with Gasteiger partial charge in [-0.2, -0.15) is 5.26 Å². The van der Waals surface area contributed by atoms with Gasteiger partial charge in [0, 0.05) is 12.2 Å². The van der Waals surface area contributed by atoms with Crippen LogP contribution in [0.4, 0.5) is 11.4 Å². The second-order valence-electron chi connectivity index (χ2n) is 4.24. The molecular weight excluding hydrogens is 274 g/mol. The van der Waals surface area contributed by atoms with E-state index in [4.69, 9.17) is 15.1 Å². The molecule has 7 nitrogen and oxygen atoms in total. The van der Waals surface area contributed by atoms with Crippen LogP contribution in [-0.4, -0.2) is 42.0 Å². The molecule has 114 valence electrons. The van der Waals surface area contributed by atoms with Crippen molar-refractivity contribution in [3.8, 4) is 11.8 Å². The summed E-state index contributed by atoms with van der Waals surface area (Å²) in [6.45, 7) is 2.11. The summed E-state index contributed by atoms with van der Waals surface area (Å²) in [4.78, 5) is 11.4. The number of nitrogens with zero attached hydrogens (tertiary/aromatic N) is 1. The van der Waals surface area contributed by atoms with Crippen molar-refractivity contribution in [2.45, 2.75) is 19.4 Å². The molecule has 0 saturated heterocycles. The van der Waals surface area contributed by atoms with Gasteiger partial charge in [-0.3, -0.25) is 4.79 Å². The molecule has 0 aliphatic carbocycles. The lowest BCUT2D eigenvalue weighted by molar-refractivity contribution is -0.115. The van der Waals surface area contributed by atoms with E-state index in [2.05, 4.69) is 10.6 Å². The molecule has 0 fully saturated rings. The van der Waals surface area contributed by atoms with E-state index in [1.165, 1.54) is 0 Å². The Bertz CT molecular complexity index is 513. The summed E-state index contributed by atoms with van der Waals surface area (Å²) < 4.78 is 5.44. The van der Waals surface area contributed by atoms with Gasteiger partial charge < -0.3 is 25.6 Å². The van der Waals surface area contributed by atoms with Crippen LogP contribution >= 0.6 is 0 Å². The summed E-state index contributed by atoms with van der Waals surface area (Å²) >= 11 is 0. The minimum Gasteiger partial charge on any atom is -0.492 e. The third-order valence-electron chi connectivity index (χ3n) is 2.54. The largest absolute Gasteiger partial charge is 0.492 e. The van der Waals surface area contributed by atoms with Gasteiger partial charge in [0.1, 0.15) is 12.2 Å². The number of amides is 1. The molecule has 4 N–H and O–H groups in total. The number of anilines is 2. The van der Waals surface area contributed by atoms with E-state index >= 15 is 0 Å². The van der Waals surface area contributed by atoms with Crippen LogP contribution in [0.2, 0.25) is 0 Å². The first-order chi connectivity index (χ1) is 10.1. The Balaban J connectivity index is 2.84. The molecule has 0 heterocycles. The van der Waals surface area contributed by atoms with E-state index in [0.717, 1.165) is 0 Å². The predicted octanol–water partition coefficient (Wildman–Crippen LogP) is 0.703. The molecule has 1 unspecified atom stereocenters. The lowest BCUT2D eigenvalue weighted by Crippen LogP contribution is -2.23. The van der Waals surface area contributed by atoms with E-state index in [1.807, 2.05) is 6.92 Å². The second-order valence-corrected chi connectivity index (χ2v) is 4.24. The molecule has 0 saturated carbocycles. The van der Waals surface area contributed by atoms with Crippen molar-refractivity contribution in [1.82, 2.24) is 0 Å². The van der Waals surface area contributed by atoms with E-state index in [0.29, 0.717) is 23.7 Å². The number of aliphatic hydroxyl groups is 2. The van der Waals surface area contributed by atoms with Gasteiger partial charge in [0.05, 0.1) is 31.1 Å². The number of nitrogens with one attached hydrogen (secondary N) is 2. The van der Waals surface area contributed by atoms with Crippen LogP contribution in [0.1, 0.15) is 13.3 Å². The summed E-state index contributed by atoms with van der Waals surface area (Å²) in [7, 11) is 0. The Hall–Kier alpha value is -2.30. The fourth-order valence-electron chi connectivity index (χ4n) is 1.60. The second kappa shape index (κ2) is 8.79. The zero-order valence-electron chi connectivity index (χ0n) is 11.8. The third kappa shape index (κ3) is 5.69. The van der Waals surface area contributed by atoms with Crippen molar-refractivity contribution in [1.29, 1.82) is 5.26 Å². The Morgan fingerprint density at radius 3 is 2.90 bits per heavy atom. The maximum absolute atomic E-state index is 11.4. The predicted molar refractivity (Wildman–Crippen MR) is 78.1 cm³/mol. The number of ether oxygens (including phenoxy) is 1. The highest BCUT2D eigenvalue weighted by Gasteiger charge is 2.09. The monoisotopic (exact) mass is 293 g/mol. The Morgan fingerprint density at radius 2 is 2.29 bits per heavy atom. The van der Waals surface area contributed by atoms with Crippen molar-refractivity contribution in [3.63, 3.8) is 0 Å². The Morgan fingerprint density at radius 1 is 1.52 bits per heavy atom. The number of rotatable bonds is 8. The van der Waals surface area contributed by atoms with Gasteiger partial charge in [-0.15, -0.1) is 0 Å². The number of benzene rings is 1. The summed E-state index contributed by atoms with van der Waals surface area (Å²) in [6.07, 6.45) is -1.12. The van der Waals surface area contributed by atoms with Crippen molar-refractivity contribution in [2.24, 2.45) is 0 Å². The maximum Gasteiger partial charge on any atom is 0.238 e. The molecule has 1 rings (SSSR count). The van der Waals surface area contributed by atoms with Crippen LogP contribution in [0.5, 0.6) is 5.75 Å². The molecule has 0 aliphatic rings. The average Bonchev–Trinajstić information content (AvgIpc) is 2.47. The summed E-state index contributed by atoms with van der Waals surface area (Å²) in [5, 5.41) is 32.2. The number of nitriles is 1. The van der Waals surface area contributed by atoms with Crippen LogP contribution in [-0.2, 0) is 4.79 Å². The Labute approximate surface area is 123 Å². The highest BCUT2D eigenvalue weighted by molar-refractivity contribution is 5.92. The van der Waals surface area contributed by atoms with Crippen molar-refractivity contribution >= 4 is 17.3 Å². The van der Waals surface area contributed by atoms with Gasteiger partial charge in [0.15, 0.2) is 0 Å². The lowest BCUT2D eigenvalue weighted by atomic mass is 10.2. The van der Waals surface area contributed by atoms with Crippen molar-refractivity contribution in [2.75, 3.05) is 30.4 Å². The van der Waals surface area contributed by atoms with Crippen molar-refractivity contribution < 1.29 is 19.7 Å². The molecule has 0 aliphatic heterocycles. The molecule has 1 aromatic carbocycles. The van der Waals surface area contributed by atoms with Crippen LogP contribution in [0.25, 0.3) is 0 Å². The number of hydrogen-bond donors (Lipinski definition) is 4. The average molecular weight is 293 g/mol. The molecule has 0 spiro atoms. The molecular formula is C14H19N3O4. The molecule has 1 amide bonds. The number of aliphatic hydroxyl groups excluding tert-OH is 2. The van der Waals surface area contributed by atoms with E-state index in [1.54, 1.807) is 24.3 Å². The standard InChI is InChI=1S/C14H19N3O4/c1-2-21-13-4-3-10(17-14(20)5-6-15)7-12(13)16-8-11(19)9-18/h3-4,7,11,16,18-19H,2,5,8-9H2,1H3,(H,17,20). The van der Waals surface area contributed by atoms with E-state index in [-0.39, 0.29) is 19.6 Å². The van der Waals surface area contributed by atoms with Gasteiger partial charge in [0.25, 0.3) is 0 Å². The lowest BCUT2D eigenvalue weighted by Gasteiger charge is -2.16. The van der Waals surface area contributed by atoms with Crippen LogP contribution in [0, 0.1) is 11.3 Å². The van der Waals surface area contributed by atoms with Gasteiger partial charge >= 0.3 is 0 Å². The smallest absolute Gasteiger partial charge is 0.238 e. The van der Waals surface area contributed by atoms with E-state index in [9.17, 15) is 9.90 Å². The Kier molecular flexibility index (Phi) is 7.01. The normalized spacial score (nSPS) is 11.3. The summed E-state index contributed by atoms with van der Waals surface area (Å²) in [6, 6.07) is 6.75. The van der Waals surface area contributed by atoms with Crippen LogP contribution in [0.15, 0.2) is 18.2 Å². The van der Waals surface area contributed by atoms with Gasteiger partial charge in [0.2, 0.25) is 5.91 Å². The molecule has 0 bridgehead atoms. The molecule has 0 aromatic heterocycles. The molecule has 0 radical (unpaired) electrons.